The lowest BCUT2D eigenvalue weighted by Crippen LogP contribution is -2.38. The standard InChI is InChI=1S/C19H29N3O2/c1-21(2)18(22(3)4)20-13-19(10-6-5-7-11-19)15-8-9-16-17(12-15)24-14-23-16/h8-9,12H,5-7,10-11,13-14H2,1-4H3. The highest BCUT2D eigenvalue weighted by Crippen LogP contribution is 2.43. The van der Waals surface area contributed by atoms with Crippen molar-refractivity contribution in [2.75, 3.05) is 41.5 Å². The van der Waals surface area contributed by atoms with Gasteiger partial charge in [0.05, 0.1) is 6.54 Å². The number of hydrogen-bond acceptors (Lipinski definition) is 3. The molecular weight excluding hydrogens is 302 g/mol. The largest absolute Gasteiger partial charge is 0.454 e. The van der Waals surface area contributed by atoms with Gasteiger partial charge in [-0.3, -0.25) is 4.99 Å². The average molecular weight is 331 g/mol. The zero-order chi connectivity index (χ0) is 17.2. The second-order valence-electron chi connectivity index (χ2n) is 7.31. The van der Waals surface area contributed by atoms with Gasteiger partial charge < -0.3 is 19.3 Å². The molecule has 1 aliphatic carbocycles. The Balaban J connectivity index is 1.91. The Morgan fingerprint density at radius 3 is 2.33 bits per heavy atom. The Bertz CT molecular complexity index is 595. The van der Waals surface area contributed by atoms with Crippen molar-refractivity contribution < 1.29 is 9.47 Å². The van der Waals surface area contributed by atoms with Gasteiger partial charge >= 0.3 is 0 Å². The van der Waals surface area contributed by atoms with E-state index >= 15 is 0 Å². The van der Waals surface area contributed by atoms with Gasteiger partial charge in [-0.2, -0.15) is 0 Å². The van der Waals surface area contributed by atoms with E-state index in [2.05, 4.69) is 28.0 Å². The molecule has 0 N–H and O–H groups in total. The molecule has 0 aromatic heterocycles. The number of nitrogens with zero attached hydrogens (tertiary/aromatic N) is 3. The first-order valence-electron chi connectivity index (χ1n) is 8.81. The molecular formula is C19H29N3O2. The first-order valence-corrected chi connectivity index (χ1v) is 8.81. The third kappa shape index (κ3) is 3.30. The van der Waals surface area contributed by atoms with Gasteiger partial charge in [-0.25, -0.2) is 0 Å². The van der Waals surface area contributed by atoms with Crippen LogP contribution in [-0.2, 0) is 5.41 Å². The fourth-order valence-electron chi connectivity index (χ4n) is 3.90. The summed E-state index contributed by atoms with van der Waals surface area (Å²) in [6.45, 7) is 1.15. The smallest absolute Gasteiger partial charge is 0.231 e. The molecule has 1 heterocycles. The fraction of sp³-hybridized carbons (Fsp3) is 0.632. The van der Waals surface area contributed by atoms with Gasteiger partial charge in [0.2, 0.25) is 6.79 Å². The molecule has 1 aliphatic heterocycles. The average Bonchev–Trinajstić information content (AvgIpc) is 3.02. The lowest BCUT2D eigenvalue weighted by molar-refractivity contribution is 0.174. The van der Waals surface area contributed by atoms with Crippen molar-refractivity contribution in [1.29, 1.82) is 0 Å². The zero-order valence-corrected chi connectivity index (χ0v) is 15.3. The van der Waals surface area contributed by atoms with Crippen molar-refractivity contribution in [3.8, 4) is 11.5 Å². The summed E-state index contributed by atoms with van der Waals surface area (Å²) in [5.41, 5.74) is 1.45. The van der Waals surface area contributed by atoms with Crippen molar-refractivity contribution in [2.45, 2.75) is 37.5 Å². The Hall–Kier alpha value is -1.91. The lowest BCUT2D eigenvalue weighted by atomic mass is 9.69. The summed E-state index contributed by atoms with van der Waals surface area (Å²) in [5, 5.41) is 0. The molecule has 1 aromatic rings. The molecule has 0 atom stereocenters. The van der Waals surface area contributed by atoms with Crippen molar-refractivity contribution in [2.24, 2.45) is 4.99 Å². The summed E-state index contributed by atoms with van der Waals surface area (Å²) in [6, 6.07) is 6.43. The highest BCUT2D eigenvalue weighted by Gasteiger charge is 2.35. The van der Waals surface area contributed by atoms with Gasteiger partial charge in [-0.15, -0.1) is 0 Å². The van der Waals surface area contributed by atoms with Crippen LogP contribution < -0.4 is 9.47 Å². The topological polar surface area (TPSA) is 37.3 Å². The van der Waals surface area contributed by atoms with Gasteiger partial charge in [-0.1, -0.05) is 25.3 Å². The second-order valence-corrected chi connectivity index (χ2v) is 7.31. The highest BCUT2D eigenvalue weighted by molar-refractivity contribution is 5.79. The molecule has 0 saturated heterocycles. The van der Waals surface area contributed by atoms with E-state index in [-0.39, 0.29) is 5.41 Å². The van der Waals surface area contributed by atoms with E-state index in [4.69, 9.17) is 14.5 Å². The monoisotopic (exact) mass is 331 g/mol. The molecule has 2 aliphatic rings. The van der Waals surface area contributed by atoms with Crippen molar-refractivity contribution in [3.63, 3.8) is 0 Å². The van der Waals surface area contributed by atoms with Crippen LogP contribution in [0.4, 0.5) is 0 Å². The Morgan fingerprint density at radius 1 is 1.00 bits per heavy atom. The van der Waals surface area contributed by atoms with Crippen molar-refractivity contribution >= 4 is 5.96 Å². The molecule has 132 valence electrons. The minimum absolute atomic E-state index is 0.108. The second kappa shape index (κ2) is 6.91. The van der Waals surface area contributed by atoms with E-state index in [1.807, 2.05) is 28.2 Å². The maximum absolute atomic E-state index is 5.60. The summed E-state index contributed by atoms with van der Waals surface area (Å²) in [5.74, 6) is 2.75. The molecule has 0 unspecified atom stereocenters. The van der Waals surface area contributed by atoms with Gasteiger partial charge in [0.15, 0.2) is 17.5 Å². The first-order chi connectivity index (χ1) is 11.5. The summed E-state index contributed by atoms with van der Waals surface area (Å²) >= 11 is 0. The zero-order valence-electron chi connectivity index (χ0n) is 15.3. The predicted molar refractivity (Wildman–Crippen MR) is 97.0 cm³/mol. The molecule has 0 amide bonds. The summed E-state index contributed by atoms with van der Waals surface area (Å²) in [4.78, 5) is 9.14. The molecule has 1 saturated carbocycles. The van der Waals surface area contributed by atoms with E-state index in [1.165, 1.54) is 37.7 Å². The van der Waals surface area contributed by atoms with Crippen LogP contribution in [-0.4, -0.2) is 57.3 Å². The SMILES string of the molecule is CN(C)C(=NCC1(c2ccc3c(c2)OCO3)CCCCC1)N(C)C. The summed E-state index contributed by atoms with van der Waals surface area (Å²) < 4.78 is 11.1. The molecule has 0 spiro atoms. The number of rotatable bonds is 3. The van der Waals surface area contributed by atoms with Crippen LogP contribution in [0.15, 0.2) is 23.2 Å². The Kier molecular flexibility index (Phi) is 4.88. The molecule has 0 radical (unpaired) electrons. The highest BCUT2D eigenvalue weighted by atomic mass is 16.7. The van der Waals surface area contributed by atoms with Crippen LogP contribution in [0.1, 0.15) is 37.7 Å². The fourth-order valence-corrected chi connectivity index (χ4v) is 3.90. The molecule has 1 aromatic carbocycles. The van der Waals surface area contributed by atoms with E-state index in [0.29, 0.717) is 6.79 Å². The number of aliphatic imine (C=N–C) groups is 1. The van der Waals surface area contributed by atoms with Gasteiger partial charge in [0.25, 0.3) is 0 Å². The third-order valence-corrected chi connectivity index (χ3v) is 5.12. The minimum Gasteiger partial charge on any atom is -0.454 e. The molecule has 0 bridgehead atoms. The molecule has 3 rings (SSSR count). The third-order valence-electron chi connectivity index (χ3n) is 5.12. The number of hydrogen-bond donors (Lipinski definition) is 0. The number of guanidine groups is 1. The van der Waals surface area contributed by atoms with Crippen LogP contribution >= 0.6 is 0 Å². The lowest BCUT2D eigenvalue weighted by Gasteiger charge is -2.37. The molecule has 5 nitrogen and oxygen atoms in total. The normalized spacial score (nSPS) is 18.2. The number of fused-ring (bicyclic) bond motifs is 1. The minimum atomic E-state index is 0.108. The molecule has 24 heavy (non-hydrogen) atoms. The quantitative estimate of drug-likeness (QED) is 0.630. The summed E-state index contributed by atoms with van der Waals surface area (Å²) in [6.07, 6.45) is 6.23. The number of benzene rings is 1. The van der Waals surface area contributed by atoms with Gasteiger partial charge in [0.1, 0.15) is 0 Å². The first kappa shape index (κ1) is 16.9. The Labute approximate surface area is 145 Å². The van der Waals surface area contributed by atoms with E-state index in [1.54, 1.807) is 0 Å². The van der Waals surface area contributed by atoms with Crippen LogP contribution in [0, 0.1) is 0 Å². The maximum atomic E-state index is 5.60. The molecule has 5 heteroatoms. The molecule has 1 fully saturated rings. The van der Waals surface area contributed by atoms with E-state index in [9.17, 15) is 0 Å². The number of ether oxygens (including phenoxy) is 2. The summed E-state index contributed by atoms with van der Waals surface area (Å²) in [7, 11) is 8.19. The van der Waals surface area contributed by atoms with Gasteiger partial charge in [-0.05, 0) is 30.5 Å². The van der Waals surface area contributed by atoms with Crippen LogP contribution in [0.25, 0.3) is 0 Å². The predicted octanol–water partition coefficient (Wildman–Crippen LogP) is 3.10. The van der Waals surface area contributed by atoms with E-state index < -0.39 is 0 Å². The van der Waals surface area contributed by atoms with Crippen LogP contribution in [0.5, 0.6) is 11.5 Å². The van der Waals surface area contributed by atoms with Crippen LogP contribution in [0.2, 0.25) is 0 Å². The van der Waals surface area contributed by atoms with Crippen molar-refractivity contribution in [3.05, 3.63) is 23.8 Å². The van der Waals surface area contributed by atoms with Crippen LogP contribution in [0.3, 0.4) is 0 Å². The van der Waals surface area contributed by atoms with Crippen molar-refractivity contribution in [1.82, 2.24) is 9.80 Å². The Morgan fingerprint density at radius 2 is 1.67 bits per heavy atom. The van der Waals surface area contributed by atoms with E-state index in [0.717, 1.165) is 24.0 Å². The van der Waals surface area contributed by atoms with Gasteiger partial charge in [0, 0.05) is 33.6 Å². The maximum Gasteiger partial charge on any atom is 0.231 e.